The zero-order valence-corrected chi connectivity index (χ0v) is 11.5. The Kier molecular flexibility index (Phi) is 3.05. The summed E-state index contributed by atoms with van der Waals surface area (Å²) in [7, 11) is 0. The van der Waals surface area contributed by atoms with Gasteiger partial charge in [0, 0.05) is 11.1 Å². The number of benzene rings is 2. The Bertz CT molecular complexity index is 740. The SMILES string of the molecule is Nc1cccc(Oc2cnnc3ccccc23)c1Br. The number of halogens is 1. The zero-order chi connectivity index (χ0) is 13.2. The van der Waals surface area contributed by atoms with Crippen molar-refractivity contribution < 1.29 is 4.74 Å². The minimum Gasteiger partial charge on any atom is -0.454 e. The first-order chi connectivity index (χ1) is 9.25. The largest absolute Gasteiger partial charge is 0.454 e. The van der Waals surface area contributed by atoms with Crippen LogP contribution in [0.25, 0.3) is 10.9 Å². The lowest BCUT2D eigenvalue weighted by Crippen LogP contribution is -1.93. The Balaban J connectivity index is 2.09. The molecule has 0 atom stereocenters. The Morgan fingerprint density at radius 1 is 1.00 bits per heavy atom. The van der Waals surface area contributed by atoms with Crippen LogP contribution < -0.4 is 10.5 Å². The van der Waals surface area contributed by atoms with Crippen molar-refractivity contribution in [3.8, 4) is 11.5 Å². The lowest BCUT2D eigenvalue weighted by atomic mass is 10.2. The number of nitrogens with two attached hydrogens (primary N) is 1. The summed E-state index contributed by atoms with van der Waals surface area (Å²) < 4.78 is 6.61. The molecule has 2 N–H and O–H groups in total. The van der Waals surface area contributed by atoms with Crippen LogP contribution in [-0.2, 0) is 0 Å². The highest BCUT2D eigenvalue weighted by molar-refractivity contribution is 9.10. The van der Waals surface area contributed by atoms with Gasteiger partial charge < -0.3 is 10.5 Å². The number of nitrogens with zero attached hydrogens (tertiary/aromatic N) is 2. The van der Waals surface area contributed by atoms with Gasteiger partial charge in [-0.05, 0) is 40.2 Å². The van der Waals surface area contributed by atoms with Gasteiger partial charge in [0.25, 0.3) is 0 Å². The third kappa shape index (κ3) is 2.24. The van der Waals surface area contributed by atoms with Gasteiger partial charge in [0.1, 0.15) is 5.75 Å². The number of hydrogen-bond donors (Lipinski definition) is 1. The molecule has 0 fully saturated rings. The van der Waals surface area contributed by atoms with Crippen molar-refractivity contribution in [1.82, 2.24) is 10.2 Å². The van der Waals surface area contributed by atoms with Gasteiger partial charge in [-0.15, -0.1) is 0 Å². The molecule has 0 aliphatic heterocycles. The molecule has 5 heteroatoms. The lowest BCUT2D eigenvalue weighted by Gasteiger charge is -2.10. The van der Waals surface area contributed by atoms with Crippen molar-refractivity contribution >= 4 is 32.5 Å². The van der Waals surface area contributed by atoms with Gasteiger partial charge in [-0.25, -0.2) is 0 Å². The Hall–Kier alpha value is -2.14. The van der Waals surface area contributed by atoms with E-state index in [1.165, 1.54) is 0 Å². The fraction of sp³-hybridized carbons (Fsp3) is 0. The first kappa shape index (κ1) is 11.9. The van der Waals surface area contributed by atoms with Gasteiger partial charge >= 0.3 is 0 Å². The Labute approximate surface area is 118 Å². The quantitative estimate of drug-likeness (QED) is 0.731. The second-order valence-corrected chi connectivity index (χ2v) is 4.78. The normalized spacial score (nSPS) is 10.6. The smallest absolute Gasteiger partial charge is 0.157 e. The molecule has 0 unspecified atom stereocenters. The second kappa shape index (κ2) is 4.85. The van der Waals surface area contributed by atoms with Crippen molar-refractivity contribution in [3.05, 3.63) is 53.1 Å². The molecule has 4 nitrogen and oxygen atoms in total. The predicted molar refractivity (Wildman–Crippen MR) is 78.2 cm³/mol. The molecule has 0 aliphatic carbocycles. The monoisotopic (exact) mass is 315 g/mol. The topological polar surface area (TPSA) is 61.0 Å². The van der Waals surface area contributed by atoms with Crippen LogP contribution in [-0.4, -0.2) is 10.2 Å². The van der Waals surface area contributed by atoms with Gasteiger partial charge in [-0.3, -0.25) is 0 Å². The molecule has 0 bridgehead atoms. The number of aromatic nitrogens is 2. The van der Waals surface area contributed by atoms with Crippen molar-refractivity contribution in [2.45, 2.75) is 0 Å². The predicted octanol–water partition coefficient (Wildman–Crippen LogP) is 3.77. The summed E-state index contributed by atoms with van der Waals surface area (Å²) >= 11 is 3.42. The number of anilines is 1. The first-order valence-electron chi connectivity index (χ1n) is 5.68. The van der Waals surface area contributed by atoms with Crippen molar-refractivity contribution in [2.24, 2.45) is 0 Å². The number of rotatable bonds is 2. The third-order valence-corrected chi connectivity index (χ3v) is 3.57. The highest BCUT2D eigenvalue weighted by Crippen LogP contribution is 2.35. The van der Waals surface area contributed by atoms with Gasteiger partial charge in [-0.1, -0.05) is 18.2 Å². The molecule has 0 saturated carbocycles. The highest BCUT2D eigenvalue weighted by Gasteiger charge is 2.08. The minimum atomic E-state index is 0.629. The molecule has 1 aromatic heterocycles. The van der Waals surface area contributed by atoms with Gasteiger partial charge in [-0.2, -0.15) is 10.2 Å². The third-order valence-electron chi connectivity index (χ3n) is 2.72. The molecule has 0 radical (unpaired) electrons. The first-order valence-corrected chi connectivity index (χ1v) is 6.47. The summed E-state index contributed by atoms with van der Waals surface area (Å²) in [4.78, 5) is 0. The van der Waals surface area contributed by atoms with Crippen LogP contribution in [0.15, 0.2) is 53.1 Å². The molecule has 0 amide bonds. The molecule has 0 spiro atoms. The summed E-state index contributed by atoms with van der Waals surface area (Å²) in [6.45, 7) is 0. The molecular formula is C14H10BrN3O. The van der Waals surface area contributed by atoms with Crippen LogP contribution >= 0.6 is 15.9 Å². The van der Waals surface area contributed by atoms with Crippen LogP contribution in [0.1, 0.15) is 0 Å². The fourth-order valence-corrected chi connectivity index (χ4v) is 2.13. The van der Waals surface area contributed by atoms with Crippen LogP contribution in [0.2, 0.25) is 0 Å². The maximum atomic E-state index is 5.87. The molecule has 1 heterocycles. The molecule has 3 aromatic rings. The van der Waals surface area contributed by atoms with E-state index < -0.39 is 0 Å². The highest BCUT2D eigenvalue weighted by atomic mass is 79.9. The van der Waals surface area contributed by atoms with Crippen LogP contribution in [0, 0.1) is 0 Å². The summed E-state index contributed by atoms with van der Waals surface area (Å²) in [5.41, 5.74) is 7.25. The molecular weight excluding hydrogens is 306 g/mol. The molecule has 94 valence electrons. The van der Waals surface area contributed by atoms with E-state index in [0.717, 1.165) is 15.4 Å². The van der Waals surface area contributed by atoms with Crippen LogP contribution in [0.3, 0.4) is 0 Å². The van der Waals surface area contributed by atoms with Crippen molar-refractivity contribution in [2.75, 3.05) is 5.73 Å². The van der Waals surface area contributed by atoms with Crippen molar-refractivity contribution in [3.63, 3.8) is 0 Å². The standard InChI is InChI=1S/C14H10BrN3O/c15-14-10(16)5-3-7-12(14)19-13-8-17-18-11-6-2-1-4-9(11)13/h1-8H,16H2. The maximum Gasteiger partial charge on any atom is 0.157 e. The van der Waals surface area contributed by atoms with E-state index >= 15 is 0 Å². The van der Waals surface area contributed by atoms with Gasteiger partial charge in [0.05, 0.1) is 16.2 Å². The number of hydrogen-bond acceptors (Lipinski definition) is 4. The van der Waals surface area contributed by atoms with E-state index in [1.807, 2.05) is 36.4 Å². The minimum absolute atomic E-state index is 0.629. The van der Waals surface area contributed by atoms with Gasteiger partial charge in [0.2, 0.25) is 0 Å². The van der Waals surface area contributed by atoms with E-state index in [1.54, 1.807) is 12.3 Å². The lowest BCUT2D eigenvalue weighted by molar-refractivity contribution is 0.482. The van der Waals surface area contributed by atoms with E-state index in [2.05, 4.69) is 26.1 Å². The number of ether oxygens (including phenoxy) is 1. The molecule has 2 aromatic carbocycles. The van der Waals surface area contributed by atoms with E-state index in [0.29, 0.717) is 17.2 Å². The maximum absolute atomic E-state index is 5.87. The summed E-state index contributed by atoms with van der Waals surface area (Å²) in [5.74, 6) is 1.30. The van der Waals surface area contributed by atoms with E-state index in [-0.39, 0.29) is 0 Å². The second-order valence-electron chi connectivity index (χ2n) is 3.99. The van der Waals surface area contributed by atoms with Crippen LogP contribution in [0.5, 0.6) is 11.5 Å². The summed E-state index contributed by atoms with van der Waals surface area (Å²) in [6, 6.07) is 13.2. The number of fused-ring (bicyclic) bond motifs is 1. The Morgan fingerprint density at radius 2 is 1.84 bits per heavy atom. The molecule has 3 rings (SSSR count). The van der Waals surface area contributed by atoms with Crippen molar-refractivity contribution in [1.29, 1.82) is 0 Å². The van der Waals surface area contributed by atoms with E-state index in [9.17, 15) is 0 Å². The molecule has 19 heavy (non-hydrogen) atoms. The van der Waals surface area contributed by atoms with Crippen LogP contribution in [0.4, 0.5) is 5.69 Å². The molecule has 0 saturated heterocycles. The zero-order valence-electron chi connectivity index (χ0n) is 9.88. The molecule has 0 aliphatic rings. The Morgan fingerprint density at radius 3 is 2.74 bits per heavy atom. The average molecular weight is 316 g/mol. The van der Waals surface area contributed by atoms with Gasteiger partial charge in [0.15, 0.2) is 5.75 Å². The number of nitrogen functional groups attached to an aromatic ring is 1. The average Bonchev–Trinajstić information content (AvgIpc) is 2.44. The fourth-order valence-electron chi connectivity index (χ4n) is 1.79. The van der Waals surface area contributed by atoms with E-state index in [4.69, 9.17) is 10.5 Å². The summed E-state index contributed by atoms with van der Waals surface area (Å²) in [6.07, 6.45) is 1.60. The summed E-state index contributed by atoms with van der Waals surface area (Å²) in [5, 5.41) is 8.91.